The average molecular weight is 333 g/mol. The van der Waals surface area contributed by atoms with E-state index in [0.29, 0.717) is 13.0 Å². The Balaban J connectivity index is 2.19. The molecule has 1 atom stereocenters. The van der Waals surface area contributed by atoms with Gasteiger partial charge in [0.2, 0.25) is 0 Å². The smallest absolute Gasteiger partial charge is 0.414 e. The van der Waals surface area contributed by atoms with Gasteiger partial charge in [0.15, 0.2) is 0 Å². The normalized spacial score (nSPS) is 17.3. The molecule has 0 aromatic heterocycles. The summed E-state index contributed by atoms with van der Waals surface area (Å²) in [6.07, 6.45) is 2.12. The number of carboxylic acids is 1. The maximum atomic E-state index is 12.6. The van der Waals surface area contributed by atoms with Gasteiger partial charge in [-0.2, -0.15) is 0 Å². The number of ether oxygens (including phenoxy) is 1. The molecule has 5 nitrogen and oxygen atoms in total. The van der Waals surface area contributed by atoms with Crippen LogP contribution in [0, 0.1) is 12.8 Å². The third kappa shape index (κ3) is 4.98. The van der Waals surface area contributed by atoms with Crippen LogP contribution in [0.2, 0.25) is 0 Å². The number of benzene rings is 1. The van der Waals surface area contributed by atoms with Crippen LogP contribution in [-0.2, 0) is 16.0 Å². The Kier molecular flexibility index (Phi) is 5.52. The second kappa shape index (κ2) is 7.24. The van der Waals surface area contributed by atoms with E-state index in [1.807, 2.05) is 39.8 Å². The lowest BCUT2D eigenvalue weighted by Crippen LogP contribution is -2.43. The summed E-state index contributed by atoms with van der Waals surface area (Å²) in [6, 6.07) is 6.13. The van der Waals surface area contributed by atoms with Crippen molar-refractivity contribution in [3.8, 4) is 0 Å². The lowest BCUT2D eigenvalue weighted by atomic mass is 9.88. The van der Waals surface area contributed by atoms with Crippen molar-refractivity contribution >= 4 is 17.7 Å². The highest BCUT2D eigenvalue weighted by Gasteiger charge is 2.31. The summed E-state index contributed by atoms with van der Waals surface area (Å²) >= 11 is 0. The van der Waals surface area contributed by atoms with Gasteiger partial charge < -0.3 is 9.84 Å². The van der Waals surface area contributed by atoms with Crippen LogP contribution in [0.15, 0.2) is 18.2 Å². The number of amides is 1. The molecule has 0 saturated carbocycles. The maximum Gasteiger partial charge on any atom is 0.414 e. The largest absolute Gasteiger partial charge is 0.481 e. The van der Waals surface area contributed by atoms with Gasteiger partial charge in [0, 0.05) is 13.0 Å². The first kappa shape index (κ1) is 18.3. The van der Waals surface area contributed by atoms with E-state index in [0.717, 1.165) is 29.7 Å². The SMILES string of the molecule is Cc1ccc2c(c1)N(C(=O)OC(C)(C)C)C[C@@H](CCCC(=O)O)C2. The quantitative estimate of drug-likeness (QED) is 0.898. The molecule has 1 aromatic rings. The second-order valence-electron chi connectivity index (χ2n) is 7.58. The van der Waals surface area contributed by atoms with Gasteiger partial charge in [-0.3, -0.25) is 9.69 Å². The topological polar surface area (TPSA) is 66.8 Å². The van der Waals surface area contributed by atoms with Crippen molar-refractivity contribution in [2.75, 3.05) is 11.4 Å². The molecule has 1 heterocycles. The summed E-state index contributed by atoms with van der Waals surface area (Å²) in [6.45, 7) is 8.15. The fraction of sp³-hybridized carbons (Fsp3) is 0.579. The minimum atomic E-state index is -0.772. The number of rotatable bonds is 4. The van der Waals surface area contributed by atoms with E-state index in [1.165, 1.54) is 0 Å². The molecule has 0 fully saturated rings. The van der Waals surface area contributed by atoms with E-state index in [9.17, 15) is 9.59 Å². The third-order valence-corrected chi connectivity index (χ3v) is 4.10. The van der Waals surface area contributed by atoms with Crippen molar-refractivity contribution in [3.05, 3.63) is 29.3 Å². The predicted octanol–water partition coefficient (Wildman–Crippen LogP) is 4.16. The van der Waals surface area contributed by atoms with Gasteiger partial charge >= 0.3 is 12.1 Å². The molecule has 1 N–H and O–H groups in total. The van der Waals surface area contributed by atoms with Gasteiger partial charge in [0.25, 0.3) is 0 Å². The molecule has 0 aliphatic carbocycles. The number of carbonyl (C=O) groups is 2. The summed E-state index contributed by atoms with van der Waals surface area (Å²) in [7, 11) is 0. The summed E-state index contributed by atoms with van der Waals surface area (Å²) in [5, 5.41) is 8.81. The number of carboxylic acid groups (broad SMARTS) is 1. The van der Waals surface area contributed by atoms with Crippen molar-refractivity contribution < 1.29 is 19.4 Å². The minimum absolute atomic E-state index is 0.170. The molecule has 1 aromatic carbocycles. The van der Waals surface area contributed by atoms with Crippen LogP contribution in [0.1, 0.15) is 51.2 Å². The average Bonchev–Trinajstić information content (AvgIpc) is 2.44. The molecule has 0 unspecified atom stereocenters. The molecule has 5 heteroatoms. The number of hydrogen-bond donors (Lipinski definition) is 1. The molecule has 0 radical (unpaired) electrons. The number of aryl methyl sites for hydroxylation is 1. The van der Waals surface area contributed by atoms with Crippen LogP contribution < -0.4 is 4.90 Å². The molecular formula is C19H27NO4. The van der Waals surface area contributed by atoms with Gasteiger partial charge in [0.05, 0.1) is 5.69 Å². The van der Waals surface area contributed by atoms with Crippen LogP contribution in [0.4, 0.5) is 10.5 Å². The van der Waals surface area contributed by atoms with Crippen LogP contribution in [0.3, 0.4) is 0 Å². The van der Waals surface area contributed by atoms with Crippen LogP contribution in [0.25, 0.3) is 0 Å². The molecule has 1 aliphatic heterocycles. The maximum absolute atomic E-state index is 12.6. The first-order chi connectivity index (χ1) is 11.2. The van der Waals surface area contributed by atoms with Gasteiger partial charge in [-0.15, -0.1) is 0 Å². The van der Waals surface area contributed by atoms with Gasteiger partial charge in [-0.1, -0.05) is 12.1 Å². The molecule has 132 valence electrons. The monoisotopic (exact) mass is 333 g/mol. The fourth-order valence-corrected chi connectivity index (χ4v) is 3.06. The first-order valence-corrected chi connectivity index (χ1v) is 8.47. The number of fused-ring (bicyclic) bond motifs is 1. The number of nitrogens with zero attached hydrogens (tertiary/aromatic N) is 1. The van der Waals surface area contributed by atoms with Gasteiger partial charge in [-0.25, -0.2) is 4.79 Å². The summed E-state index contributed by atoms with van der Waals surface area (Å²) in [5.41, 5.74) is 2.60. The van der Waals surface area contributed by atoms with Crippen LogP contribution in [-0.4, -0.2) is 29.3 Å². The zero-order chi connectivity index (χ0) is 17.9. The number of carbonyl (C=O) groups excluding carboxylic acids is 1. The summed E-state index contributed by atoms with van der Waals surface area (Å²) < 4.78 is 5.56. The van der Waals surface area contributed by atoms with E-state index >= 15 is 0 Å². The standard InChI is InChI=1S/C19H27NO4/c1-13-8-9-15-11-14(6-5-7-17(21)22)12-20(16(15)10-13)18(23)24-19(2,3)4/h8-10,14H,5-7,11-12H2,1-4H3,(H,21,22)/t14-/m0/s1. The molecule has 2 rings (SSSR count). The molecule has 24 heavy (non-hydrogen) atoms. The zero-order valence-corrected chi connectivity index (χ0v) is 15.0. The first-order valence-electron chi connectivity index (χ1n) is 8.47. The highest BCUT2D eigenvalue weighted by Crippen LogP contribution is 2.33. The molecule has 1 amide bonds. The Morgan fingerprint density at radius 1 is 1.33 bits per heavy atom. The lowest BCUT2D eigenvalue weighted by molar-refractivity contribution is -0.137. The minimum Gasteiger partial charge on any atom is -0.481 e. The van der Waals surface area contributed by atoms with Crippen molar-refractivity contribution in [3.63, 3.8) is 0 Å². The van der Waals surface area contributed by atoms with E-state index in [-0.39, 0.29) is 18.4 Å². The predicted molar refractivity (Wildman–Crippen MR) is 93.4 cm³/mol. The van der Waals surface area contributed by atoms with Crippen molar-refractivity contribution in [1.82, 2.24) is 0 Å². The van der Waals surface area contributed by atoms with Gasteiger partial charge in [0.1, 0.15) is 5.60 Å². The second-order valence-corrected chi connectivity index (χ2v) is 7.58. The Morgan fingerprint density at radius 2 is 2.04 bits per heavy atom. The van der Waals surface area contributed by atoms with E-state index < -0.39 is 11.6 Å². The van der Waals surface area contributed by atoms with Crippen molar-refractivity contribution in [2.24, 2.45) is 5.92 Å². The molecular weight excluding hydrogens is 306 g/mol. The van der Waals surface area contributed by atoms with Crippen molar-refractivity contribution in [2.45, 2.75) is 59.0 Å². The number of aliphatic carboxylic acids is 1. The zero-order valence-electron chi connectivity index (χ0n) is 15.0. The Labute approximate surface area is 143 Å². The third-order valence-electron chi connectivity index (χ3n) is 4.10. The summed E-state index contributed by atoms with van der Waals surface area (Å²) in [4.78, 5) is 25.1. The molecule has 0 spiro atoms. The highest BCUT2D eigenvalue weighted by atomic mass is 16.6. The number of anilines is 1. The van der Waals surface area contributed by atoms with Gasteiger partial charge in [-0.05, 0) is 70.1 Å². The molecule has 0 saturated heterocycles. The number of hydrogen-bond acceptors (Lipinski definition) is 3. The van der Waals surface area contributed by atoms with Crippen molar-refractivity contribution in [1.29, 1.82) is 0 Å². The summed E-state index contributed by atoms with van der Waals surface area (Å²) in [5.74, 6) is -0.516. The fourth-order valence-electron chi connectivity index (χ4n) is 3.06. The highest BCUT2D eigenvalue weighted by molar-refractivity contribution is 5.89. The molecule has 0 bridgehead atoms. The van der Waals surface area contributed by atoms with E-state index in [4.69, 9.17) is 9.84 Å². The molecule has 1 aliphatic rings. The Hall–Kier alpha value is -2.04. The Morgan fingerprint density at radius 3 is 2.67 bits per heavy atom. The van der Waals surface area contributed by atoms with E-state index in [1.54, 1.807) is 4.90 Å². The Bertz CT molecular complexity index is 618. The van der Waals surface area contributed by atoms with Crippen LogP contribution >= 0.6 is 0 Å². The lowest BCUT2D eigenvalue weighted by Gasteiger charge is -2.36. The van der Waals surface area contributed by atoms with E-state index in [2.05, 4.69) is 6.07 Å². The van der Waals surface area contributed by atoms with Crippen LogP contribution in [0.5, 0.6) is 0 Å².